The van der Waals surface area contributed by atoms with E-state index in [-0.39, 0.29) is 11.7 Å². The van der Waals surface area contributed by atoms with E-state index in [2.05, 4.69) is 20.7 Å². The summed E-state index contributed by atoms with van der Waals surface area (Å²) in [5.41, 5.74) is 2.31. The largest absolute Gasteiger partial charge is 0.463 e. The van der Waals surface area contributed by atoms with E-state index in [1.165, 1.54) is 11.8 Å². The van der Waals surface area contributed by atoms with Gasteiger partial charge in [-0.05, 0) is 48.9 Å². The molecule has 8 nitrogen and oxygen atoms in total. The van der Waals surface area contributed by atoms with Crippen molar-refractivity contribution in [3.05, 3.63) is 81.2 Å². The Balaban J connectivity index is 1.78. The smallest absolute Gasteiger partial charge is 0.378 e. The topological polar surface area (TPSA) is 98.1 Å². The number of esters is 1. The van der Waals surface area contributed by atoms with Gasteiger partial charge in [0.15, 0.2) is 0 Å². The van der Waals surface area contributed by atoms with Crippen LogP contribution in [0, 0.1) is 0 Å². The van der Waals surface area contributed by atoms with E-state index in [1.54, 1.807) is 55.5 Å². The van der Waals surface area contributed by atoms with Gasteiger partial charge >= 0.3 is 5.97 Å². The lowest BCUT2D eigenvalue weighted by Crippen LogP contribution is -2.31. The minimum absolute atomic E-state index is 0.115. The second-order valence-electron chi connectivity index (χ2n) is 6.77. The van der Waals surface area contributed by atoms with Crippen LogP contribution in [-0.2, 0) is 9.53 Å². The average molecular weight is 458 g/mol. The van der Waals surface area contributed by atoms with Gasteiger partial charge < -0.3 is 15.4 Å². The summed E-state index contributed by atoms with van der Waals surface area (Å²) in [6, 6.07) is 13.2. The molecule has 0 bridgehead atoms. The highest BCUT2D eigenvalue weighted by Gasteiger charge is 2.35. The first-order chi connectivity index (χ1) is 14.9. The molecular weight excluding hydrogens is 441 g/mol. The number of hydrogen-bond donors (Lipinski definition) is 2. The number of carbonyl (C=O) groups is 2. The molecule has 1 aliphatic heterocycles. The monoisotopic (exact) mass is 457 g/mol. The summed E-state index contributed by atoms with van der Waals surface area (Å²) in [7, 11) is 1.25. The van der Waals surface area contributed by atoms with Crippen LogP contribution in [0.5, 0.6) is 0 Å². The first-order valence-corrected chi connectivity index (χ1v) is 9.98. The molecular formula is C21H17Cl2N5O3. The standard InChI is InChI=1S/C21H17Cl2N5O3/c1-11-16(19(29)25-15-9-7-14(23)8-10-15)17(12-3-5-13(22)6-4-12)28-21(24-11)26-18(27-28)20(30)31-2/h3-10,17H,1-2H3,(H,25,29)(H,24,26,27)/t17-/m0/s1. The molecule has 1 aliphatic rings. The summed E-state index contributed by atoms with van der Waals surface area (Å²) in [5.74, 6) is -0.812. The van der Waals surface area contributed by atoms with E-state index >= 15 is 0 Å². The van der Waals surface area contributed by atoms with Crippen molar-refractivity contribution in [1.29, 1.82) is 0 Å². The molecule has 3 aromatic rings. The number of halogens is 2. The fraction of sp³-hybridized carbons (Fsp3) is 0.143. The zero-order valence-corrected chi connectivity index (χ0v) is 18.0. The Hall–Kier alpha value is -3.36. The quantitative estimate of drug-likeness (QED) is 0.566. The summed E-state index contributed by atoms with van der Waals surface area (Å²) in [6.45, 7) is 1.76. The number of benzene rings is 2. The lowest BCUT2D eigenvalue weighted by molar-refractivity contribution is -0.113. The molecule has 2 aromatic carbocycles. The third-order valence-electron chi connectivity index (χ3n) is 4.75. The Kier molecular flexibility index (Phi) is 5.67. The summed E-state index contributed by atoms with van der Waals surface area (Å²) in [5, 5.41) is 11.3. The van der Waals surface area contributed by atoms with E-state index in [0.717, 1.165) is 5.56 Å². The molecule has 0 radical (unpaired) electrons. The number of methoxy groups -OCH3 is 1. The van der Waals surface area contributed by atoms with E-state index in [0.29, 0.717) is 33.0 Å². The molecule has 0 saturated carbocycles. The lowest BCUT2D eigenvalue weighted by atomic mass is 9.95. The predicted octanol–water partition coefficient (Wildman–Crippen LogP) is 4.30. The maximum atomic E-state index is 13.3. The second-order valence-corrected chi connectivity index (χ2v) is 7.65. The Morgan fingerprint density at radius 1 is 1.06 bits per heavy atom. The number of amides is 1. The van der Waals surface area contributed by atoms with E-state index in [9.17, 15) is 9.59 Å². The van der Waals surface area contributed by atoms with E-state index in [1.807, 2.05) is 0 Å². The van der Waals surface area contributed by atoms with Crippen molar-refractivity contribution in [2.45, 2.75) is 13.0 Å². The van der Waals surface area contributed by atoms with Crippen LogP contribution in [0.2, 0.25) is 10.0 Å². The number of ether oxygens (including phenoxy) is 1. The van der Waals surface area contributed by atoms with Crippen molar-refractivity contribution in [3.63, 3.8) is 0 Å². The number of aromatic nitrogens is 3. The van der Waals surface area contributed by atoms with Gasteiger partial charge in [0.2, 0.25) is 5.95 Å². The molecule has 0 unspecified atom stereocenters. The normalized spacial score (nSPS) is 15.2. The number of hydrogen-bond acceptors (Lipinski definition) is 6. The van der Waals surface area contributed by atoms with Crippen molar-refractivity contribution in [1.82, 2.24) is 14.8 Å². The van der Waals surface area contributed by atoms with Gasteiger partial charge in [-0.3, -0.25) is 4.79 Å². The number of nitrogens with zero attached hydrogens (tertiary/aromatic N) is 3. The third-order valence-corrected chi connectivity index (χ3v) is 5.26. The highest BCUT2D eigenvalue weighted by atomic mass is 35.5. The zero-order valence-electron chi connectivity index (χ0n) is 16.5. The van der Waals surface area contributed by atoms with E-state index < -0.39 is 12.0 Å². The van der Waals surface area contributed by atoms with Gasteiger partial charge in [0.1, 0.15) is 6.04 Å². The third kappa shape index (κ3) is 4.12. The molecule has 1 amide bonds. The maximum absolute atomic E-state index is 13.3. The van der Waals surface area contributed by atoms with Crippen LogP contribution in [0.3, 0.4) is 0 Å². The number of anilines is 2. The van der Waals surface area contributed by atoms with E-state index in [4.69, 9.17) is 27.9 Å². The SMILES string of the molecule is COC(=O)c1nc2n(n1)[C@@H](c1ccc(Cl)cc1)C(C(=O)Nc1ccc(Cl)cc1)=C(C)N2. The van der Waals surface area contributed by atoms with Crippen molar-refractivity contribution in [2.75, 3.05) is 17.7 Å². The van der Waals surface area contributed by atoms with Crippen LogP contribution in [0.25, 0.3) is 0 Å². The van der Waals surface area contributed by atoms with Crippen molar-refractivity contribution >= 4 is 46.7 Å². The molecule has 0 fully saturated rings. The van der Waals surface area contributed by atoms with Crippen molar-refractivity contribution in [2.24, 2.45) is 0 Å². The van der Waals surface area contributed by atoms with Gasteiger partial charge in [0, 0.05) is 21.4 Å². The molecule has 10 heteroatoms. The van der Waals surface area contributed by atoms with Crippen molar-refractivity contribution in [3.8, 4) is 0 Å². The lowest BCUT2D eigenvalue weighted by Gasteiger charge is -2.28. The fourth-order valence-electron chi connectivity index (χ4n) is 3.31. The Labute approximate surface area is 187 Å². The highest BCUT2D eigenvalue weighted by molar-refractivity contribution is 6.30. The maximum Gasteiger partial charge on any atom is 0.378 e. The summed E-state index contributed by atoms with van der Waals surface area (Å²) in [6.07, 6.45) is 0. The van der Waals surface area contributed by atoms with Crippen LogP contribution in [0.15, 0.2) is 59.8 Å². The number of fused-ring (bicyclic) bond motifs is 1. The van der Waals surface area contributed by atoms with Crippen molar-refractivity contribution < 1.29 is 14.3 Å². The highest BCUT2D eigenvalue weighted by Crippen LogP contribution is 2.36. The number of carbonyl (C=O) groups excluding carboxylic acids is 2. The van der Waals surface area contributed by atoms with Gasteiger partial charge in [-0.2, -0.15) is 4.98 Å². The molecule has 2 heterocycles. The molecule has 2 N–H and O–H groups in total. The zero-order chi connectivity index (χ0) is 22.1. The predicted molar refractivity (Wildman–Crippen MR) is 117 cm³/mol. The molecule has 0 spiro atoms. The molecule has 31 heavy (non-hydrogen) atoms. The molecule has 4 rings (SSSR count). The molecule has 1 atom stereocenters. The first kappa shape index (κ1) is 20.9. The number of allylic oxidation sites excluding steroid dienone is 1. The fourth-order valence-corrected chi connectivity index (χ4v) is 3.56. The molecule has 0 saturated heterocycles. The Bertz CT molecular complexity index is 1190. The first-order valence-electron chi connectivity index (χ1n) is 9.22. The van der Waals surface area contributed by atoms with Gasteiger partial charge in [-0.25, -0.2) is 9.48 Å². The molecule has 158 valence electrons. The summed E-state index contributed by atoms with van der Waals surface area (Å²) < 4.78 is 6.22. The van der Waals surface area contributed by atoms with Gasteiger partial charge in [-0.15, -0.1) is 5.10 Å². The summed E-state index contributed by atoms with van der Waals surface area (Å²) in [4.78, 5) is 29.5. The molecule has 1 aromatic heterocycles. The van der Waals surface area contributed by atoms with Crippen LogP contribution < -0.4 is 10.6 Å². The van der Waals surface area contributed by atoms with Crippen LogP contribution in [-0.4, -0.2) is 33.8 Å². The van der Waals surface area contributed by atoms with Crippen LogP contribution >= 0.6 is 23.2 Å². The minimum atomic E-state index is -0.677. The second kappa shape index (κ2) is 8.41. The van der Waals surface area contributed by atoms with Gasteiger partial charge in [-0.1, -0.05) is 35.3 Å². The Morgan fingerprint density at radius 2 is 1.68 bits per heavy atom. The number of rotatable bonds is 4. The number of nitrogens with one attached hydrogen (secondary N) is 2. The van der Waals surface area contributed by atoms with Crippen LogP contribution in [0.1, 0.15) is 29.1 Å². The summed E-state index contributed by atoms with van der Waals surface area (Å²) >= 11 is 12.0. The average Bonchev–Trinajstić information content (AvgIpc) is 3.18. The minimum Gasteiger partial charge on any atom is -0.463 e. The van der Waals surface area contributed by atoms with Crippen LogP contribution in [0.4, 0.5) is 11.6 Å². The molecule has 0 aliphatic carbocycles. The Morgan fingerprint density at radius 3 is 2.29 bits per heavy atom. The van der Waals surface area contributed by atoms with Gasteiger partial charge in [0.05, 0.1) is 12.7 Å². The van der Waals surface area contributed by atoms with Gasteiger partial charge in [0.25, 0.3) is 11.7 Å².